The summed E-state index contributed by atoms with van der Waals surface area (Å²) in [7, 11) is 1.72. The van der Waals surface area contributed by atoms with E-state index in [1.807, 2.05) is 0 Å². The number of benzene rings is 1. The molecule has 2 saturated heterocycles. The van der Waals surface area contributed by atoms with Gasteiger partial charge in [-0.1, -0.05) is 31.2 Å². The Balaban J connectivity index is 1.24. The molecule has 0 aromatic heterocycles. The van der Waals surface area contributed by atoms with Crippen molar-refractivity contribution in [2.45, 2.75) is 89.3 Å². The van der Waals surface area contributed by atoms with E-state index in [-0.39, 0.29) is 34.4 Å². The van der Waals surface area contributed by atoms with Crippen LogP contribution in [0.1, 0.15) is 77.7 Å². The molecule has 2 saturated carbocycles. The molecule has 5 nitrogen and oxygen atoms in total. The second-order valence-corrected chi connectivity index (χ2v) is 13.0. The fraction of sp³-hybridized carbons (Fsp3) is 0.710. The summed E-state index contributed by atoms with van der Waals surface area (Å²) in [6.45, 7) is 13.9. The summed E-state index contributed by atoms with van der Waals surface area (Å²) >= 11 is 0. The largest absolute Gasteiger partial charge is 0.497 e. The maximum Gasteiger partial charge on any atom is 0.315 e. The lowest BCUT2D eigenvalue weighted by molar-refractivity contribution is -0.660. The van der Waals surface area contributed by atoms with Gasteiger partial charge in [-0.05, 0) is 87.8 Å². The summed E-state index contributed by atoms with van der Waals surface area (Å²) in [5.41, 5.74) is 2.98. The van der Waals surface area contributed by atoms with Crippen molar-refractivity contribution in [2.75, 3.05) is 26.8 Å². The van der Waals surface area contributed by atoms with Crippen molar-refractivity contribution in [2.24, 2.45) is 23.2 Å². The lowest BCUT2D eigenvalue weighted by Crippen LogP contribution is -2.86. The van der Waals surface area contributed by atoms with Crippen molar-refractivity contribution in [3.05, 3.63) is 42.0 Å². The van der Waals surface area contributed by atoms with Crippen LogP contribution in [0.15, 0.2) is 36.4 Å². The monoisotopic (exact) mass is 496 g/mol. The molecule has 36 heavy (non-hydrogen) atoms. The number of hydrogen-bond acceptors (Lipinski definition) is 4. The molecule has 2 heterocycles. The fourth-order valence-electron chi connectivity index (χ4n) is 8.23. The number of allylic oxidation sites excluding steroid dienone is 1. The molecule has 0 spiro atoms. The second kappa shape index (κ2) is 9.79. The predicted molar refractivity (Wildman–Crippen MR) is 141 cm³/mol. The Morgan fingerprint density at radius 2 is 1.94 bits per heavy atom. The lowest BCUT2D eigenvalue weighted by atomic mass is 9.55. The molecule has 4 fully saturated rings. The molecule has 0 amide bonds. The first kappa shape index (κ1) is 25.8. The first-order valence-electron chi connectivity index (χ1n) is 14.1. The maximum absolute atomic E-state index is 13.0. The predicted octanol–water partition coefficient (Wildman–Crippen LogP) is 4.79. The van der Waals surface area contributed by atoms with Gasteiger partial charge >= 0.3 is 5.97 Å². The van der Waals surface area contributed by atoms with Crippen LogP contribution in [0.5, 0.6) is 5.75 Å². The van der Waals surface area contributed by atoms with Crippen LogP contribution in [0.2, 0.25) is 0 Å². The Morgan fingerprint density at radius 1 is 1.17 bits per heavy atom. The summed E-state index contributed by atoms with van der Waals surface area (Å²) in [5.74, 6) is 1.83. The van der Waals surface area contributed by atoms with Crippen molar-refractivity contribution in [3.8, 4) is 5.75 Å². The third-order valence-electron chi connectivity index (χ3n) is 10.1. The first-order chi connectivity index (χ1) is 17.1. The SMILES string of the molecule is C=C1CCCC2(C)CC3OC(=O)C(C[NH2+]CCC4(c5ccc(OC)cc5)CCOC(C)(C)C4)C3CC12. The van der Waals surface area contributed by atoms with Gasteiger partial charge < -0.3 is 19.5 Å². The second-order valence-electron chi connectivity index (χ2n) is 13.0. The van der Waals surface area contributed by atoms with Crippen LogP contribution in [0.25, 0.3) is 0 Å². The average molecular weight is 497 g/mol. The van der Waals surface area contributed by atoms with E-state index in [4.69, 9.17) is 14.2 Å². The summed E-state index contributed by atoms with van der Waals surface area (Å²) < 4.78 is 17.5. The highest BCUT2D eigenvalue weighted by molar-refractivity contribution is 5.75. The van der Waals surface area contributed by atoms with E-state index in [1.165, 1.54) is 24.0 Å². The highest BCUT2D eigenvalue weighted by Crippen LogP contribution is 2.56. The van der Waals surface area contributed by atoms with E-state index >= 15 is 0 Å². The average Bonchev–Trinajstić information content (AvgIpc) is 3.13. The molecule has 198 valence electrons. The molecule has 2 aliphatic carbocycles. The van der Waals surface area contributed by atoms with E-state index in [2.05, 4.69) is 56.9 Å². The van der Waals surface area contributed by atoms with Gasteiger partial charge in [-0.2, -0.15) is 0 Å². The van der Waals surface area contributed by atoms with E-state index < -0.39 is 0 Å². The van der Waals surface area contributed by atoms with E-state index in [1.54, 1.807) is 7.11 Å². The molecule has 6 atom stereocenters. The minimum Gasteiger partial charge on any atom is -0.497 e. The van der Waals surface area contributed by atoms with Gasteiger partial charge in [0.15, 0.2) is 0 Å². The zero-order valence-electron chi connectivity index (χ0n) is 22.8. The molecule has 5 rings (SSSR count). The van der Waals surface area contributed by atoms with Crippen LogP contribution < -0.4 is 10.1 Å². The van der Waals surface area contributed by atoms with Gasteiger partial charge in [0.2, 0.25) is 0 Å². The molecule has 0 bridgehead atoms. The highest BCUT2D eigenvalue weighted by atomic mass is 16.6. The molecule has 5 heteroatoms. The Morgan fingerprint density at radius 3 is 2.67 bits per heavy atom. The minimum absolute atomic E-state index is 0.0114. The molecule has 0 radical (unpaired) electrons. The Labute approximate surface area is 217 Å². The normalized spacial score (nSPS) is 37.7. The molecule has 4 aliphatic rings. The molecular weight excluding hydrogens is 450 g/mol. The summed E-state index contributed by atoms with van der Waals surface area (Å²) in [4.78, 5) is 13.0. The minimum atomic E-state index is -0.141. The number of hydrogen-bond donors (Lipinski definition) is 1. The van der Waals surface area contributed by atoms with E-state index in [0.717, 1.165) is 64.0 Å². The third kappa shape index (κ3) is 4.86. The topological polar surface area (TPSA) is 61.4 Å². The zero-order chi connectivity index (χ0) is 25.6. The summed E-state index contributed by atoms with van der Waals surface area (Å²) in [6.07, 6.45) is 8.90. The number of methoxy groups -OCH3 is 1. The van der Waals surface area contributed by atoms with Gasteiger partial charge in [-0.15, -0.1) is 0 Å². The molecular formula is C31H46NO4+. The van der Waals surface area contributed by atoms with Crippen LogP contribution in [-0.2, 0) is 19.7 Å². The van der Waals surface area contributed by atoms with Crippen LogP contribution in [-0.4, -0.2) is 44.5 Å². The van der Waals surface area contributed by atoms with E-state index in [9.17, 15) is 4.79 Å². The molecule has 6 unspecified atom stereocenters. The van der Waals surface area contributed by atoms with Crippen molar-refractivity contribution >= 4 is 5.97 Å². The molecule has 1 aromatic carbocycles. The Kier molecular flexibility index (Phi) is 7.01. The van der Waals surface area contributed by atoms with Gasteiger partial charge in [0, 0.05) is 24.4 Å². The smallest absolute Gasteiger partial charge is 0.315 e. The third-order valence-corrected chi connectivity index (χ3v) is 10.1. The van der Waals surface area contributed by atoms with Gasteiger partial charge in [-0.25, -0.2) is 0 Å². The number of nitrogens with two attached hydrogens (primary N) is 1. The number of ether oxygens (including phenoxy) is 3. The Bertz CT molecular complexity index is 971. The van der Waals surface area contributed by atoms with Crippen LogP contribution in [0.3, 0.4) is 0 Å². The maximum atomic E-state index is 13.0. The standard InChI is InChI=1S/C31H45NO4/c1-21-7-6-12-30(4)18-27-24(17-26(21)30)25(28(33)36-27)19-32-15-13-31(14-16-35-29(2,3)20-31)22-8-10-23(34-5)11-9-22/h8-11,24-27,32H,1,6-7,12-20H2,2-5H3/p+1. The van der Waals surface area contributed by atoms with Crippen molar-refractivity contribution in [1.82, 2.24) is 0 Å². The van der Waals surface area contributed by atoms with Gasteiger partial charge in [-0.3, -0.25) is 4.79 Å². The Hall–Kier alpha value is -1.85. The van der Waals surface area contributed by atoms with Crippen molar-refractivity contribution in [1.29, 1.82) is 0 Å². The molecule has 2 N–H and O–H groups in total. The fourth-order valence-corrected chi connectivity index (χ4v) is 8.23. The zero-order valence-corrected chi connectivity index (χ0v) is 22.8. The number of quaternary nitrogens is 1. The van der Waals surface area contributed by atoms with Gasteiger partial charge in [0.1, 0.15) is 17.8 Å². The number of carbonyl (C=O) groups excluding carboxylic acids is 1. The summed E-state index contributed by atoms with van der Waals surface area (Å²) in [6, 6.07) is 8.62. The number of rotatable bonds is 7. The number of esters is 1. The van der Waals surface area contributed by atoms with E-state index in [0.29, 0.717) is 11.8 Å². The highest BCUT2D eigenvalue weighted by Gasteiger charge is 2.55. The molecule has 2 aliphatic heterocycles. The van der Waals surface area contributed by atoms with Gasteiger partial charge in [0.25, 0.3) is 0 Å². The van der Waals surface area contributed by atoms with Crippen molar-refractivity contribution in [3.63, 3.8) is 0 Å². The van der Waals surface area contributed by atoms with Gasteiger partial charge in [0.05, 0.1) is 25.8 Å². The van der Waals surface area contributed by atoms with Crippen molar-refractivity contribution < 1.29 is 24.3 Å². The van der Waals surface area contributed by atoms with Crippen LogP contribution in [0, 0.1) is 23.2 Å². The summed E-state index contributed by atoms with van der Waals surface area (Å²) in [5, 5.41) is 2.38. The quantitative estimate of drug-likeness (QED) is 0.335. The molecule has 1 aromatic rings. The number of carbonyl (C=O) groups is 1. The van der Waals surface area contributed by atoms with Crippen LogP contribution in [0.4, 0.5) is 0 Å². The number of fused-ring (bicyclic) bond motifs is 2. The van der Waals surface area contributed by atoms with Crippen LogP contribution >= 0.6 is 0 Å². The first-order valence-corrected chi connectivity index (χ1v) is 14.1. The lowest BCUT2D eigenvalue weighted by Gasteiger charge is -2.49.